The summed E-state index contributed by atoms with van der Waals surface area (Å²) in [5.41, 5.74) is 2.85. The zero-order valence-corrected chi connectivity index (χ0v) is 14.2. The number of carbonyl (C=O) groups is 1. The topological polar surface area (TPSA) is 84.3 Å². The quantitative estimate of drug-likeness (QED) is 0.713. The molecule has 0 aromatic carbocycles. The first-order valence-corrected chi connectivity index (χ1v) is 8.62. The molecule has 0 radical (unpaired) electrons. The van der Waals surface area contributed by atoms with Crippen LogP contribution in [-0.2, 0) is 4.74 Å². The molecule has 3 aromatic rings. The minimum atomic E-state index is -0.365. The van der Waals surface area contributed by atoms with Crippen LogP contribution in [0, 0.1) is 0 Å². The van der Waals surface area contributed by atoms with Gasteiger partial charge in [-0.3, -0.25) is 4.40 Å². The Balaban J connectivity index is 1.79. The number of methoxy groups -OCH3 is 1. The number of hydrogen-bond donors (Lipinski definition) is 2. The van der Waals surface area contributed by atoms with E-state index in [-0.39, 0.29) is 5.97 Å². The molecule has 1 saturated carbocycles. The van der Waals surface area contributed by atoms with Crippen LogP contribution >= 0.6 is 0 Å². The summed E-state index contributed by atoms with van der Waals surface area (Å²) < 4.78 is 6.79. The molecule has 1 fully saturated rings. The third-order valence-electron chi connectivity index (χ3n) is 4.75. The van der Waals surface area contributed by atoms with Crippen LogP contribution in [0.1, 0.15) is 42.5 Å². The van der Waals surface area contributed by atoms with E-state index in [0.717, 1.165) is 30.0 Å². The Hall–Kier alpha value is -2.83. The van der Waals surface area contributed by atoms with Crippen LogP contribution < -0.4 is 5.32 Å². The van der Waals surface area contributed by atoms with Crippen molar-refractivity contribution in [2.24, 2.45) is 0 Å². The summed E-state index contributed by atoms with van der Waals surface area (Å²) in [6.07, 6.45) is 11.4. The number of anilines is 1. The molecule has 0 atom stereocenters. The molecule has 0 spiro atoms. The van der Waals surface area contributed by atoms with Crippen LogP contribution in [0.15, 0.2) is 30.9 Å². The zero-order valence-electron chi connectivity index (χ0n) is 14.2. The minimum Gasteiger partial charge on any atom is -0.465 e. The van der Waals surface area contributed by atoms with Crippen molar-refractivity contribution < 1.29 is 9.53 Å². The first-order valence-electron chi connectivity index (χ1n) is 8.62. The Kier molecular flexibility index (Phi) is 4.13. The third-order valence-corrected chi connectivity index (χ3v) is 4.75. The Labute approximate surface area is 145 Å². The van der Waals surface area contributed by atoms with Crippen molar-refractivity contribution in [1.29, 1.82) is 0 Å². The summed E-state index contributed by atoms with van der Waals surface area (Å²) in [5, 5.41) is 3.66. The monoisotopic (exact) mass is 339 g/mol. The van der Waals surface area contributed by atoms with Gasteiger partial charge in [-0.2, -0.15) is 0 Å². The molecular weight excluding hydrogens is 318 g/mol. The molecule has 3 aromatic heterocycles. The van der Waals surface area contributed by atoms with Gasteiger partial charge in [0.2, 0.25) is 0 Å². The third kappa shape index (κ3) is 2.97. The number of fused-ring (bicyclic) bond motifs is 1. The van der Waals surface area contributed by atoms with Crippen molar-refractivity contribution in [2.75, 3.05) is 12.4 Å². The van der Waals surface area contributed by atoms with Gasteiger partial charge in [-0.25, -0.2) is 14.8 Å². The van der Waals surface area contributed by atoms with Gasteiger partial charge < -0.3 is 15.0 Å². The number of rotatable bonds is 4. The van der Waals surface area contributed by atoms with Gasteiger partial charge in [-0.1, -0.05) is 19.3 Å². The number of nitrogens with zero attached hydrogens (tertiary/aromatic N) is 3. The van der Waals surface area contributed by atoms with E-state index in [4.69, 9.17) is 9.72 Å². The van der Waals surface area contributed by atoms with Crippen LogP contribution in [0.3, 0.4) is 0 Å². The van der Waals surface area contributed by atoms with Gasteiger partial charge >= 0.3 is 5.97 Å². The number of imidazole rings is 2. The molecule has 7 nitrogen and oxygen atoms in total. The van der Waals surface area contributed by atoms with Crippen molar-refractivity contribution in [3.05, 3.63) is 36.4 Å². The molecule has 0 amide bonds. The summed E-state index contributed by atoms with van der Waals surface area (Å²) in [6, 6.07) is 3.94. The van der Waals surface area contributed by atoms with Gasteiger partial charge in [0, 0.05) is 12.2 Å². The average molecular weight is 339 g/mol. The maximum Gasteiger partial charge on any atom is 0.338 e. The van der Waals surface area contributed by atoms with Crippen LogP contribution in [0.2, 0.25) is 0 Å². The summed E-state index contributed by atoms with van der Waals surface area (Å²) in [4.78, 5) is 23.8. The molecule has 7 heteroatoms. The summed E-state index contributed by atoms with van der Waals surface area (Å²) in [6.45, 7) is 0. The van der Waals surface area contributed by atoms with Crippen LogP contribution in [-0.4, -0.2) is 38.5 Å². The molecule has 0 unspecified atom stereocenters. The number of hydrogen-bond acceptors (Lipinski definition) is 5. The predicted molar refractivity (Wildman–Crippen MR) is 94.6 cm³/mol. The van der Waals surface area contributed by atoms with Crippen LogP contribution in [0.25, 0.3) is 17.0 Å². The van der Waals surface area contributed by atoms with Gasteiger partial charge in [0.15, 0.2) is 0 Å². The number of aromatic nitrogens is 4. The second-order valence-corrected chi connectivity index (χ2v) is 6.39. The second kappa shape index (κ2) is 6.58. The molecule has 1 aliphatic rings. The van der Waals surface area contributed by atoms with Crippen molar-refractivity contribution in [2.45, 2.75) is 38.1 Å². The van der Waals surface area contributed by atoms with Crippen molar-refractivity contribution in [1.82, 2.24) is 19.4 Å². The molecule has 130 valence electrons. The highest BCUT2D eigenvalue weighted by Gasteiger charge is 2.21. The van der Waals surface area contributed by atoms with E-state index in [2.05, 4.69) is 15.3 Å². The first kappa shape index (κ1) is 15.7. The van der Waals surface area contributed by atoms with Crippen LogP contribution in [0.4, 0.5) is 5.82 Å². The lowest BCUT2D eigenvalue weighted by Crippen LogP contribution is -2.23. The number of H-pyrrole nitrogens is 1. The summed E-state index contributed by atoms with van der Waals surface area (Å²) in [5.74, 6) is 0.568. The molecule has 0 saturated heterocycles. The Morgan fingerprint density at radius 3 is 2.92 bits per heavy atom. The zero-order chi connectivity index (χ0) is 17.2. The molecular formula is C18H21N5O2. The average Bonchev–Trinajstić information content (AvgIpc) is 3.29. The van der Waals surface area contributed by atoms with E-state index in [9.17, 15) is 4.79 Å². The number of nitrogens with one attached hydrogen (secondary N) is 2. The first-order chi connectivity index (χ1) is 12.3. The van der Waals surface area contributed by atoms with Gasteiger partial charge in [-0.05, 0) is 25.0 Å². The lowest BCUT2D eigenvalue weighted by Gasteiger charge is -2.24. The Morgan fingerprint density at radius 2 is 2.20 bits per heavy atom. The Morgan fingerprint density at radius 1 is 1.36 bits per heavy atom. The van der Waals surface area contributed by atoms with E-state index < -0.39 is 0 Å². The second-order valence-electron chi connectivity index (χ2n) is 6.39. The summed E-state index contributed by atoms with van der Waals surface area (Å²) >= 11 is 0. The predicted octanol–water partition coefficient (Wildman–Crippen LogP) is 3.26. The highest BCUT2D eigenvalue weighted by molar-refractivity contribution is 5.91. The molecule has 0 aliphatic heterocycles. The molecule has 25 heavy (non-hydrogen) atoms. The van der Waals surface area contributed by atoms with E-state index in [1.165, 1.54) is 26.4 Å². The molecule has 1 aliphatic carbocycles. The number of aromatic amines is 1. The summed E-state index contributed by atoms with van der Waals surface area (Å²) in [7, 11) is 1.38. The molecule has 0 bridgehead atoms. The number of esters is 1. The SMILES string of the molecule is COC(=O)c1ccn2c(NC3CCCCC3)c(-c3cnc[nH]3)nc2c1. The number of ether oxygens (including phenoxy) is 1. The normalized spacial score (nSPS) is 15.4. The van der Waals surface area contributed by atoms with Gasteiger partial charge in [-0.15, -0.1) is 0 Å². The molecule has 2 N–H and O–H groups in total. The number of pyridine rings is 1. The van der Waals surface area contributed by atoms with Crippen LogP contribution in [0.5, 0.6) is 0 Å². The highest BCUT2D eigenvalue weighted by Crippen LogP contribution is 2.30. The maximum atomic E-state index is 11.8. The highest BCUT2D eigenvalue weighted by atomic mass is 16.5. The molecule has 4 rings (SSSR count). The van der Waals surface area contributed by atoms with Gasteiger partial charge in [0.25, 0.3) is 0 Å². The molecule has 3 heterocycles. The van der Waals surface area contributed by atoms with Gasteiger partial charge in [0.05, 0.1) is 30.9 Å². The largest absolute Gasteiger partial charge is 0.465 e. The fraction of sp³-hybridized carbons (Fsp3) is 0.389. The van der Waals surface area contributed by atoms with Crippen molar-refractivity contribution >= 4 is 17.4 Å². The smallest absolute Gasteiger partial charge is 0.338 e. The Bertz CT molecular complexity index is 878. The van der Waals surface area contributed by atoms with E-state index in [1.807, 2.05) is 10.6 Å². The van der Waals surface area contributed by atoms with E-state index in [1.54, 1.807) is 24.7 Å². The fourth-order valence-electron chi connectivity index (χ4n) is 3.44. The van der Waals surface area contributed by atoms with E-state index >= 15 is 0 Å². The number of carbonyl (C=O) groups excluding carboxylic acids is 1. The lowest BCUT2D eigenvalue weighted by molar-refractivity contribution is 0.0600. The van der Waals surface area contributed by atoms with Crippen molar-refractivity contribution in [3.8, 4) is 11.4 Å². The fourth-order valence-corrected chi connectivity index (χ4v) is 3.44. The van der Waals surface area contributed by atoms with E-state index in [0.29, 0.717) is 17.3 Å². The minimum absolute atomic E-state index is 0.365. The maximum absolute atomic E-state index is 11.8. The standard InChI is InChI=1S/C18H21N5O2/c1-25-18(24)12-7-8-23-15(9-12)22-16(14-10-19-11-20-14)17(23)21-13-5-3-2-4-6-13/h7-11,13,21H,2-6H2,1H3,(H,19,20). The lowest BCUT2D eigenvalue weighted by atomic mass is 9.95. The van der Waals surface area contributed by atoms with Crippen molar-refractivity contribution in [3.63, 3.8) is 0 Å². The van der Waals surface area contributed by atoms with Gasteiger partial charge in [0.1, 0.15) is 17.2 Å².